The van der Waals surface area contributed by atoms with Crippen LogP contribution in [0.15, 0.2) is 32.7 Å². The Labute approximate surface area is 120 Å². The third-order valence-corrected chi connectivity index (χ3v) is 3.78. The van der Waals surface area contributed by atoms with Gasteiger partial charge < -0.3 is 9.52 Å². The molecule has 0 bridgehead atoms. The number of aliphatic hydroxyl groups excluding tert-OH is 1. The highest BCUT2D eigenvalue weighted by Crippen LogP contribution is 2.36. The number of nitro groups is 1. The van der Waals surface area contributed by atoms with E-state index in [2.05, 4.69) is 4.98 Å². The lowest BCUT2D eigenvalue weighted by Gasteiger charge is -2.06. The Balaban J connectivity index is 2.38. The van der Waals surface area contributed by atoms with Gasteiger partial charge in [-0.1, -0.05) is 6.07 Å². The molecule has 1 aromatic heterocycles. The van der Waals surface area contributed by atoms with E-state index in [-0.39, 0.29) is 5.69 Å². The normalized spacial score (nSPS) is 12.4. The van der Waals surface area contributed by atoms with E-state index < -0.39 is 11.0 Å². The molecule has 0 saturated heterocycles. The van der Waals surface area contributed by atoms with Crippen molar-refractivity contribution in [3.8, 4) is 0 Å². The lowest BCUT2D eigenvalue weighted by molar-refractivity contribution is -0.387. The van der Waals surface area contributed by atoms with E-state index in [0.29, 0.717) is 21.4 Å². The van der Waals surface area contributed by atoms with Crippen LogP contribution in [0.1, 0.15) is 30.0 Å². The number of aliphatic hydroxyl groups is 1. The summed E-state index contributed by atoms with van der Waals surface area (Å²) in [6.45, 7) is 5.16. The fourth-order valence-electron chi connectivity index (χ4n) is 1.60. The van der Waals surface area contributed by atoms with Crippen LogP contribution in [0.25, 0.3) is 0 Å². The molecule has 2 aromatic rings. The van der Waals surface area contributed by atoms with Crippen molar-refractivity contribution in [2.45, 2.75) is 37.0 Å². The topological polar surface area (TPSA) is 89.4 Å². The quantitative estimate of drug-likeness (QED) is 0.686. The first-order valence-corrected chi connectivity index (χ1v) is 6.78. The number of rotatable bonds is 4. The molecule has 1 N–H and O–H groups in total. The van der Waals surface area contributed by atoms with Gasteiger partial charge in [-0.25, -0.2) is 4.98 Å². The predicted molar refractivity (Wildman–Crippen MR) is 73.8 cm³/mol. The molecule has 0 aliphatic heterocycles. The summed E-state index contributed by atoms with van der Waals surface area (Å²) in [4.78, 5) is 15.3. The average molecular weight is 294 g/mol. The van der Waals surface area contributed by atoms with Crippen molar-refractivity contribution in [3.05, 3.63) is 45.3 Å². The van der Waals surface area contributed by atoms with Gasteiger partial charge >= 0.3 is 0 Å². The standard InChI is InChI=1S/C13H14N2O4S/c1-7-9(3)19-13(14-7)20-12-5-4-10(8(2)16)6-11(12)15(17)18/h4-6,8,16H,1-3H3. The summed E-state index contributed by atoms with van der Waals surface area (Å²) in [7, 11) is 0. The minimum Gasteiger partial charge on any atom is -0.436 e. The molecular formula is C13H14N2O4S. The fourth-order valence-corrected chi connectivity index (χ4v) is 2.52. The second-order valence-corrected chi connectivity index (χ2v) is 5.38. The molecule has 0 fully saturated rings. The van der Waals surface area contributed by atoms with E-state index in [4.69, 9.17) is 4.42 Å². The van der Waals surface area contributed by atoms with Crippen LogP contribution in [-0.4, -0.2) is 15.0 Å². The molecule has 6 nitrogen and oxygen atoms in total. The van der Waals surface area contributed by atoms with Gasteiger partial charge in [-0.05, 0) is 44.2 Å². The molecular weight excluding hydrogens is 280 g/mol. The van der Waals surface area contributed by atoms with Gasteiger partial charge in [-0.2, -0.15) is 0 Å². The summed E-state index contributed by atoms with van der Waals surface area (Å²) < 4.78 is 5.41. The summed E-state index contributed by atoms with van der Waals surface area (Å²) in [6, 6.07) is 4.62. The number of nitrogens with zero attached hydrogens (tertiary/aromatic N) is 2. The highest BCUT2D eigenvalue weighted by atomic mass is 32.2. The first-order chi connectivity index (χ1) is 9.38. The van der Waals surface area contributed by atoms with Crippen molar-refractivity contribution in [1.29, 1.82) is 0 Å². The van der Waals surface area contributed by atoms with Crippen LogP contribution >= 0.6 is 11.8 Å². The molecule has 0 radical (unpaired) electrons. The Morgan fingerprint density at radius 2 is 2.15 bits per heavy atom. The van der Waals surface area contributed by atoms with Gasteiger partial charge in [-0.3, -0.25) is 10.1 Å². The molecule has 2 rings (SSSR count). The average Bonchev–Trinajstić information content (AvgIpc) is 2.68. The monoisotopic (exact) mass is 294 g/mol. The van der Waals surface area contributed by atoms with E-state index in [1.807, 2.05) is 6.92 Å². The van der Waals surface area contributed by atoms with E-state index in [9.17, 15) is 15.2 Å². The highest BCUT2D eigenvalue weighted by Gasteiger charge is 2.19. The third kappa shape index (κ3) is 3.00. The molecule has 0 amide bonds. The van der Waals surface area contributed by atoms with Crippen LogP contribution in [0, 0.1) is 24.0 Å². The van der Waals surface area contributed by atoms with E-state index >= 15 is 0 Å². The summed E-state index contributed by atoms with van der Waals surface area (Å²) in [5.41, 5.74) is 1.19. The largest absolute Gasteiger partial charge is 0.436 e. The summed E-state index contributed by atoms with van der Waals surface area (Å²) in [5.74, 6) is 0.691. The van der Waals surface area contributed by atoms with Crippen LogP contribution in [0.5, 0.6) is 0 Å². The molecule has 0 aliphatic rings. The molecule has 1 aromatic carbocycles. The van der Waals surface area contributed by atoms with Crippen LogP contribution < -0.4 is 0 Å². The zero-order valence-electron chi connectivity index (χ0n) is 11.3. The van der Waals surface area contributed by atoms with Gasteiger partial charge in [0.15, 0.2) is 0 Å². The highest BCUT2D eigenvalue weighted by molar-refractivity contribution is 7.99. The lowest BCUT2D eigenvalue weighted by atomic mass is 10.1. The molecule has 1 unspecified atom stereocenters. The Bertz CT molecular complexity index is 632. The predicted octanol–water partition coefficient (Wildman–Crippen LogP) is 3.40. The van der Waals surface area contributed by atoms with Crippen LogP contribution in [0.4, 0.5) is 5.69 Å². The van der Waals surface area contributed by atoms with Gasteiger partial charge in [-0.15, -0.1) is 0 Å². The van der Waals surface area contributed by atoms with Crippen LogP contribution in [-0.2, 0) is 0 Å². The molecule has 0 aliphatic carbocycles. The Morgan fingerprint density at radius 3 is 2.65 bits per heavy atom. The number of benzene rings is 1. The molecule has 106 valence electrons. The maximum atomic E-state index is 11.1. The van der Waals surface area contributed by atoms with Crippen molar-refractivity contribution >= 4 is 17.4 Å². The van der Waals surface area contributed by atoms with E-state index in [0.717, 1.165) is 17.5 Å². The molecule has 1 heterocycles. The molecule has 0 saturated carbocycles. The molecule has 20 heavy (non-hydrogen) atoms. The maximum absolute atomic E-state index is 11.1. The van der Waals surface area contributed by atoms with Crippen molar-refractivity contribution in [3.63, 3.8) is 0 Å². The lowest BCUT2D eigenvalue weighted by Crippen LogP contribution is -1.96. The van der Waals surface area contributed by atoms with Crippen LogP contribution in [0.2, 0.25) is 0 Å². The minimum absolute atomic E-state index is 0.0677. The summed E-state index contributed by atoms with van der Waals surface area (Å²) in [6.07, 6.45) is -0.751. The SMILES string of the molecule is Cc1nc(Sc2ccc(C(C)O)cc2[N+](=O)[O-])oc1C. The Hall–Kier alpha value is -1.86. The second kappa shape index (κ2) is 5.64. The number of aromatic nitrogens is 1. The molecule has 7 heteroatoms. The van der Waals surface area contributed by atoms with Gasteiger partial charge in [0, 0.05) is 6.07 Å². The van der Waals surface area contributed by atoms with Gasteiger partial charge in [0.2, 0.25) is 0 Å². The number of oxazole rings is 1. The van der Waals surface area contributed by atoms with Crippen molar-refractivity contribution in [2.24, 2.45) is 0 Å². The van der Waals surface area contributed by atoms with Crippen molar-refractivity contribution < 1.29 is 14.4 Å². The van der Waals surface area contributed by atoms with E-state index in [1.54, 1.807) is 26.0 Å². The summed E-state index contributed by atoms with van der Waals surface area (Å²) >= 11 is 1.10. The smallest absolute Gasteiger partial charge is 0.283 e. The first-order valence-electron chi connectivity index (χ1n) is 5.96. The number of aryl methyl sites for hydroxylation is 2. The number of hydrogen-bond acceptors (Lipinski definition) is 6. The molecule has 1 atom stereocenters. The number of nitro benzene ring substituents is 1. The van der Waals surface area contributed by atoms with E-state index in [1.165, 1.54) is 6.07 Å². The van der Waals surface area contributed by atoms with Gasteiger partial charge in [0.05, 0.1) is 21.6 Å². The minimum atomic E-state index is -0.751. The first kappa shape index (κ1) is 14.5. The maximum Gasteiger partial charge on any atom is 0.283 e. The zero-order chi connectivity index (χ0) is 14.9. The molecule has 0 spiro atoms. The zero-order valence-corrected chi connectivity index (χ0v) is 12.1. The third-order valence-electron chi connectivity index (χ3n) is 2.87. The summed E-state index contributed by atoms with van der Waals surface area (Å²) in [5, 5.41) is 21.0. The van der Waals surface area contributed by atoms with Crippen LogP contribution in [0.3, 0.4) is 0 Å². The fraction of sp³-hybridized carbons (Fsp3) is 0.308. The Kier molecular flexibility index (Phi) is 4.10. The van der Waals surface area contributed by atoms with Gasteiger partial charge in [0.25, 0.3) is 10.9 Å². The second-order valence-electron chi connectivity index (χ2n) is 4.38. The van der Waals surface area contributed by atoms with Gasteiger partial charge in [0.1, 0.15) is 5.76 Å². The Morgan fingerprint density at radius 1 is 1.45 bits per heavy atom. The number of hydrogen-bond donors (Lipinski definition) is 1. The van der Waals surface area contributed by atoms with Crippen molar-refractivity contribution in [1.82, 2.24) is 4.98 Å². The van der Waals surface area contributed by atoms with Crippen molar-refractivity contribution in [2.75, 3.05) is 0 Å².